The lowest BCUT2D eigenvalue weighted by Gasteiger charge is -2.09. The Morgan fingerprint density at radius 3 is 2.71 bits per heavy atom. The third kappa shape index (κ3) is 4.49. The monoisotopic (exact) mass is 253 g/mol. The van der Waals surface area contributed by atoms with Gasteiger partial charge >= 0.3 is 0 Å². The van der Waals surface area contributed by atoms with Crippen LogP contribution in [-0.4, -0.2) is 12.3 Å². The van der Waals surface area contributed by atoms with Crippen molar-refractivity contribution >= 4 is 17.4 Å². The predicted octanol–water partition coefficient (Wildman–Crippen LogP) is 3.60. The molecule has 0 saturated heterocycles. The number of halogens is 1. The molecular formula is C14H20ClNO. The SMILES string of the molecule is Cc1ccc(C(=O)CCC(C)CCN)cc1Cl. The van der Waals surface area contributed by atoms with E-state index in [0.29, 0.717) is 29.5 Å². The molecule has 0 aliphatic carbocycles. The van der Waals surface area contributed by atoms with Crippen LogP contribution < -0.4 is 5.73 Å². The van der Waals surface area contributed by atoms with E-state index in [2.05, 4.69) is 6.92 Å². The van der Waals surface area contributed by atoms with Gasteiger partial charge in [-0.1, -0.05) is 30.7 Å². The van der Waals surface area contributed by atoms with Crippen LogP contribution in [-0.2, 0) is 0 Å². The fourth-order valence-corrected chi connectivity index (χ4v) is 1.90. The number of benzene rings is 1. The molecule has 0 aromatic heterocycles. The third-order valence-corrected chi connectivity index (χ3v) is 3.42. The van der Waals surface area contributed by atoms with Crippen LogP contribution in [0.4, 0.5) is 0 Å². The molecule has 0 amide bonds. The first-order valence-corrected chi connectivity index (χ1v) is 6.41. The summed E-state index contributed by atoms with van der Waals surface area (Å²) in [4.78, 5) is 11.9. The zero-order chi connectivity index (χ0) is 12.8. The highest BCUT2D eigenvalue weighted by Gasteiger charge is 2.09. The highest BCUT2D eigenvalue weighted by molar-refractivity contribution is 6.31. The molecule has 0 spiro atoms. The van der Waals surface area contributed by atoms with Crippen LogP contribution in [0, 0.1) is 12.8 Å². The Morgan fingerprint density at radius 2 is 2.12 bits per heavy atom. The topological polar surface area (TPSA) is 43.1 Å². The van der Waals surface area contributed by atoms with Gasteiger partial charge in [-0.15, -0.1) is 0 Å². The van der Waals surface area contributed by atoms with Gasteiger partial charge in [0.1, 0.15) is 0 Å². The second-order valence-corrected chi connectivity index (χ2v) is 5.02. The Kier molecular flexibility index (Phi) is 5.66. The maximum absolute atomic E-state index is 11.9. The zero-order valence-corrected chi connectivity index (χ0v) is 11.3. The number of aryl methyl sites for hydroxylation is 1. The quantitative estimate of drug-likeness (QED) is 0.788. The van der Waals surface area contributed by atoms with Gasteiger partial charge in [0, 0.05) is 17.0 Å². The van der Waals surface area contributed by atoms with Crippen LogP contribution >= 0.6 is 11.6 Å². The van der Waals surface area contributed by atoms with Crippen LogP contribution in [0.1, 0.15) is 42.1 Å². The van der Waals surface area contributed by atoms with Crippen LogP contribution in [0.2, 0.25) is 5.02 Å². The van der Waals surface area contributed by atoms with Crippen molar-refractivity contribution in [2.24, 2.45) is 11.7 Å². The van der Waals surface area contributed by atoms with Crippen LogP contribution in [0.15, 0.2) is 18.2 Å². The summed E-state index contributed by atoms with van der Waals surface area (Å²) in [5.74, 6) is 0.667. The van der Waals surface area contributed by atoms with E-state index in [1.165, 1.54) is 0 Å². The van der Waals surface area contributed by atoms with Gasteiger partial charge in [-0.3, -0.25) is 4.79 Å². The van der Waals surface area contributed by atoms with Gasteiger partial charge in [-0.25, -0.2) is 0 Å². The summed E-state index contributed by atoms with van der Waals surface area (Å²) in [5.41, 5.74) is 7.19. The molecule has 0 fully saturated rings. The molecule has 0 radical (unpaired) electrons. The first kappa shape index (κ1) is 14.2. The number of hydrogen-bond donors (Lipinski definition) is 1. The van der Waals surface area contributed by atoms with E-state index in [4.69, 9.17) is 17.3 Å². The molecule has 3 heteroatoms. The van der Waals surface area contributed by atoms with Crippen molar-refractivity contribution < 1.29 is 4.79 Å². The van der Waals surface area contributed by atoms with Gasteiger partial charge in [0.2, 0.25) is 0 Å². The summed E-state index contributed by atoms with van der Waals surface area (Å²) in [6.45, 7) is 4.74. The van der Waals surface area contributed by atoms with Gasteiger partial charge in [0.05, 0.1) is 0 Å². The molecule has 0 aliphatic rings. The Bertz CT molecular complexity index is 390. The molecule has 2 N–H and O–H groups in total. The average molecular weight is 254 g/mol. The average Bonchev–Trinajstić information content (AvgIpc) is 2.30. The highest BCUT2D eigenvalue weighted by atomic mass is 35.5. The van der Waals surface area contributed by atoms with Crippen molar-refractivity contribution in [3.8, 4) is 0 Å². The molecule has 1 aromatic rings. The molecule has 1 aromatic carbocycles. The largest absolute Gasteiger partial charge is 0.330 e. The van der Waals surface area contributed by atoms with E-state index in [1.54, 1.807) is 6.07 Å². The molecular weight excluding hydrogens is 234 g/mol. The molecule has 0 saturated carbocycles. The van der Waals surface area contributed by atoms with Crippen molar-refractivity contribution in [1.82, 2.24) is 0 Å². The number of Topliss-reactive ketones (excluding diaryl/α,β-unsaturated/α-hetero) is 1. The van der Waals surface area contributed by atoms with Gasteiger partial charge in [0.25, 0.3) is 0 Å². The van der Waals surface area contributed by atoms with Crippen molar-refractivity contribution in [2.75, 3.05) is 6.54 Å². The zero-order valence-electron chi connectivity index (χ0n) is 10.5. The van der Waals surface area contributed by atoms with Gasteiger partial charge in [-0.2, -0.15) is 0 Å². The molecule has 1 unspecified atom stereocenters. The van der Waals surface area contributed by atoms with E-state index in [-0.39, 0.29) is 5.78 Å². The molecule has 0 aliphatic heterocycles. The Morgan fingerprint density at radius 1 is 1.41 bits per heavy atom. The predicted molar refractivity (Wildman–Crippen MR) is 72.6 cm³/mol. The maximum Gasteiger partial charge on any atom is 0.162 e. The van der Waals surface area contributed by atoms with Crippen LogP contribution in [0.3, 0.4) is 0 Å². The number of nitrogens with two attached hydrogens (primary N) is 1. The lowest BCUT2D eigenvalue weighted by molar-refractivity contribution is 0.0974. The Labute approximate surface area is 108 Å². The Balaban J connectivity index is 2.55. The first-order valence-electron chi connectivity index (χ1n) is 6.04. The van der Waals surface area contributed by atoms with Crippen LogP contribution in [0.25, 0.3) is 0 Å². The minimum Gasteiger partial charge on any atom is -0.330 e. The number of hydrogen-bond acceptors (Lipinski definition) is 2. The number of carbonyl (C=O) groups excluding carboxylic acids is 1. The second-order valence-electron chi connectivity index (χ2n) is 4.61. The van der Waals surface area contributed by atoms with Crippen molar-refractivity contribution in [1.29, 1.82) is 0 Å². The lowest BCUT2D eigenvalue weighted by Crippen LogP contribution is -2.08. The summed E-state index contributed by atoms with van der Waals surface area (Å²) >= 11 is 6.00. The molecule has 1 rings (SSSR count). The van der Waals surface area contributed by atoms with Crippen molar-refractivity contribution in [3.63, 3.8) is 0 Å². The molecule has 0 bridgehead atoms. The fraction of sp³-hybridized carbons (Fsp3) is 0.500. The summed E-state index contributed by atoms with van der Waals surface area (Å²) in [5, 5.41) is 0.658. The minimum absolute atomic E-state index is 0.163. The first-order chi connectivity index (χ1) is 8.04. The van der Waals surface area contributed by atoms with E-state index in [1.807, 2.05) is 19.1 Å². The standard InChI is InChI=1S/C14H20ClNO/c1-10(7-8-16)3-6-14(17)12-5-4-11(2)13(15)9-12/h4-5,9-10H,3,6-8,16H2,1-2H3. The highest BCUT2D eigenvalue weighted by Crippen LogP contribution is 2.19. The van der Waals surface area contributed by atoms with E-state index in [9.17, 15) is 4.79 Å². The normalized spacial score (nSPS) is 12.5. The molecule has 0 heterocycles. The number of carbonyl (C=O) groups is 1. The summed E-state index contributed by atoms with van der Waals surface area (Å²) in [6, 6.07) is 5.49. The van der Waals surface area contributed by atoms with E-state index in [0.717, 1.165) is 18.4 Å². The van der Waals surface area contributed by atoms with E-state index >= 15 is 0 Å². The second kappa shape index (κ2) is 6.77. The summed E-state index contributed by atoms with van der Waals surface area (Å²) in [6.07, 6.45) is 2.43. The molecule has 94 valence electrons. The van der Waals surface area contributed by atoms with Gasteiger partial charge in [-0.05, 0) is 43.9 Å². The Hall–Kier alpha value is -0.860. The van der Waals surface area contributed by atoms with Crippen molar-refractivity contribution in [3.05, 3.63) is 34.3 Å². The van der Waals surface area contributed by atoms with Crippen LogP contribution in [0.5, 0.6) is 0 Å². The fourth-order valence-electron chi connectivity index (χ4n) is 1.72. The van der Waals surface area contributed by atoms with Gasteiger partial charge < -0.3 is 5.73 Å². The molecule has 1 atom stereocenters. The third-order valence-electron chi connectivity index (χ3n) is 3.02. The summed E-state index contributed by atoms with van der Waals surface area (Å²) in [7, 11) is 0. The lowest BCUT2D eigenvalue weighted by atomic mass is 9.97. The molecule has 2 nitrogen and oxygen atoms in total. The van der Waals surface area contributed by atoms with Gasteiger partial charge in [0.15, 0.2) is 5.78 Å². The summed E-state index contributed by atoms with van der Waals surface area (Å²) < 4.78 is 0. The maximum atomic E-state index is 11.9. The number of rotatable bonds is 6. The smallest absolute Gasteiger partial charge is 0.162 e. The molecule has 17 heavy (non-hydrogen) atoms. The minimum atomic E-state index is 0.163. The van der Waals surface area contributed by atoms with Crippen molar-refractivity contribution in [2.45, 2.75) is 33.1 Å². The number of ketones is 1. The van der Waals surface area contributed by atoms with E-state index < -0.39 is 0 Å².